The van der Waals surface area contributed by atoms with Crippen LogP contribution >= 0.6 is 22.9 Å². The van der Waals surface area contributed by atoms with Gasteiger partial charge in [-0.3, -0.25) is 9.67 Å². The van der Waals surface area contributed by atoms with Crippen molar-refractivity contribution in [2.45, 2.75) is 31.6 Å². The summed E-state index contributed by atoms with van der Waals surface area (Å²) in [6, 6.07) is 3.79. The lowest BCUT2D eigenvalue weighted by Crippen LogP contribution is -1.95. The molecule has 0 atom stereocenters. The van der Waals surface area contributed by atoms with Gasteiger partial charge in [-0.1, -0.05) is 35.8 Å². The van der Waals surface area contributed by atoms with Crippen LogP contribution in [0.2, 0.25) is 5.02 Å². The summed E-state index contributed by atoms with van der Waals surface area (Å²) in [5, 5.41) is 18.5. The van der Waals surface area contributed by atoms with Crippen molar-refractivity contribution < 1.29 is 0 Å². The lowest BCUT2D eigenvalue weighted by atomic mass is 10.1. The van der Waals surface area contributed by atoms with Crippen molar-refractivity contribution in [3.63, 3.8) is 0 Å². The van der Waals surface area contributed by atoms with Crippen LogP contribution in [0.1, 0.15) is 36.6 Å². The van der Waals surface area contributed by atoms with Crippen molar-refractivity contribution in [2.75, 3.05) is 5.32 Å². The smallest absolute Gasteiger partial charge is 0.211 e. The average molecular weight is 412 g/mol. The van der Waals surface area contributed by atoms with E-state index in [1.165, 1.54) is 25.7 Å². The van der Waals surface area contributed by atoms with Crippen LogP contribution in [0.5, 0.6) is 0 Å². The zero-order valence-corrected chi connectivity index (χ0v) is 16.8. The molecule has 0 bridgehead atoms. The van der Waals surface area contributed by atoms with Gasteiger partial charge in [-0.2, -0.15) is 5.10 Å². The molecule has 0 aromatic carbocycles. The molecule has 0 saturated heterocycles. The fourth-order valence-electron chi connectivity index (χ4n) is 3.60. The van der Waals surface area contributed by atoms with Gasteiger partial charge in [0.15, 0.2) is 0 Å². The second kappa shape index (κ2) is 7.10. The highest BCUT2D eigenvalue weighted by Crippen LogP contribution is 2.37. The van der Waals surface area contributed by atoms with E-state index >= 15 is 0 Å². The van der Waals surface area contributed by atoms with Crippen LogP contribution in [0.25, 0.3) is 22.2 Å². The molecule has 4 aromatic heterocycles. The van der Waals surface area contributed by atoms with E-state index in [0.717, 1.165) is 26.8 Å². The zero-order chi connectivity index (χ0) is 19.1. The summed E-state index contributed by atoms with van der Waals surface area (Å²) in [7, 11) is 1.87. The zero-order valence-electron chi connectivity index (χ0n) is 15.3. The summed E-state index contributed by atoms with van der Waals surface area (Å²) in [4.78, 5) is 9.17. The molecule has 1 aliphatic rings. The van der Waals surface area contributed by atoms with E-state index in [1.807, 2.05) is 25.4 Å². The van der Waals surface area contributed by atoms with E-state index in [9.17, 15) is 0 Å². The normalized spacial score (nSPS) is 14.8. The summed E-state index contributed by atoms with van der Waals surface area (Å²) in [6.45, 7) is 0. The van der Waals surface area contributed by atoms with Gasteiger partial charge in [0.25, 0.3) is 0 Å². The van der Waals surface area contributed by atoms with Crippen molar-refractivity contribution >= 4 is 44.9 Å². The predicted molar refractivity (Wildman–Crippen MR) is 111 cm³/mol. The Hall–Kier alpha value is -2.58. The van der Waals surface area contributed by atoms with Crippen molar-refractivity contribution in [1.82, 2.24) is 29.9 Å². The highest BCUT2D eigenvalue weighted by Gasteiger charge is 2.21. The minimum Gasteiger partial charge on any atom is -0.315 e. The molecule has 7 nitrogen and oxygen atoms in total. The van der Waals surface area contributed by atoms with Crippen LogP contribution in [0.15, 0.2) is 30.7 Å². The second-order valence-electron chi connectivity index (χ2n) is 7.00. The number of aromatic nitrogens is 6. The third kappa shape index (κ3) is 3.22. The van der Waals surface area contributed by atoms with Gasteiger partial charge < -0.3 is 5.32 Å². The van der Waals surface area contributed by atoms with Crippen LogP contribution < -0.4 is 5.32 Å². The quantitative estimate of drug-likeness (QED) is 0.512. The molecule has 28 heavy (non-hydrogen) atoms. The number of aryl methyl sites for hydroxylation is 1. The van der Waals surface area contributed by atoms with Gasteiger partial charge in [0.2, 0.25) is 5.13 Å². The number of pyridine rings is 2. The van der Waals surface area contributed by atoms with Gasteiger partial charge in [-0.05, 0) is 25.0 Å². The number of nitrogens with zero attached hydrogens (tertiary/aromatic N) is 6. The molecule has 0 aliphatic heterocycles. The van der Waals surface area contributed by atoms with Crippen molar-refractivity contribution in [2.24, 2.45) is 7.05 Å². The molecule has 5 rings (SSSR count). The number of hydrogen-bond acceptors (Lipinski definition) is 7. The Kier molecular flexibility index (Phi) is 4.44. The van der Waals surface area contributed by atoms with E-state index in [1.54, 1.807) is 28.4 Å². The first-order chi connectivity index (χ1) is 13.7. The van der Waals surface area contributed by atoms with Crippen LogP contribution in [0.3, 0.4) is 0 Å². The third-order valence-corrected chi connectivity index (χ3v) is 6.43. The summed E-state index contributed by atoms with van der Waals surface area (Å²) >= 11 is 8.26. The number of halogens is 1. The van der Waals surface area contributed by atoms with Gasteiger partial charge in [0.1, 0.15) is 16.3 Å². The minimum absolute atomic E-state index is 0.554. The molecule has 142 valence electrons. The maximum atomic E-state index is 6.66. The van der Waals surface area contributed by atoms with Crippen LogP contribution in [-0.2, 0) is 7.05 Å². The van der Waals surface area contributed by atoms with Gasteiger partial charge in [0.05, 0.1) is 16.7 Å². The van der Waals surface area contributed by atoms with Crippen molar-refractivity contribution in [3.8, 4) is 11.1 Å². The Morgan fingerprint density at radius 2 is 2.04 bits per heavy atom. The van der Waals surface area contributed by atoms with E-state index in [4.69, 9.17) is 11.6 Å². The maximum Gasteiger partial charge on any atom is 0.211 e. The Morgan fingerprint density at radius 3 is 2.82 bits per heavy atom. The molecule has 4 aromatic rings. The molecule has 0 unspecified atom stereocenters. The average Bonchev–Trinajstić information content (AvgIpc) is 3.44. The molecule has 4 heterocycles. The van der Waals surface area contributed by atoms with E-state index in [0.29, 0.717) is 22.3 Å². The summed E-state index contributed by atoms with van der Waals surface area (Å²) in [5.41, 5.74) is 3.11. The number of anilines is 2. The molecule has 1 N–H and O–H groups in total. The molecule has 1 aliphatic carbocycles. The maximum absolute atomic E-state index is 6.66. The van der Waals surface area contributed by atoms with Crippen molar-refractivity contribution in [3.05, 3.63) is 40.8 Å². The first-order valence-electron chi connectivity index (χ1n) is 9.22. The fourth-order valence-corrected chi connectivity index (χ4v) is 4.82. The van der Waals surface area contributed by atoms with Gasteiger partial charge in [-0.25, -0.2) is 4.98 Å². The molecule has 0 spiro atoms. The van der Waals surface area contributed by atoms with Crippen LogP contribution in [-0.4, -0.2) is 29.9 Å². The Labute approximate surface area is 170 Å². The van der Waals surface area contributed by atoms with Crippen LogP contribution in [0, 0.1) is 0 Å². The fraction of sp³-hybridized carbons (Fsp3) is 0.316. The van der Waals surface area contributed by atoms with Gasteiger partial charge in [-0.15, -0.1) is 10.2 Å². The van der Waals surface area contributed by atoms with Gasteiger partial charge in [0, 0.05) is 36.5 Å². The monoisotopic (exact) mass is 411 g/mol. The standard InChI is InChI=1S/C19H18ClN7S/c1-27-10-12(8-22-27)13-9-21-14-6-7-15(23-17(14)16(13)20)24-19-26-25-18(28-19)11-4-2-3-5-11/h6-11H,2-5H2,1H3,(H,23,24,26). The molecule has 9 heteroatoms. The van der Waals surface area contributed by atoms with Crippen molar-refractivity contribution in [1.29, 1.82) is 0 Å². The molecular weight excluding hydrogens is 394 g/mol. The Bertz CT molecular complexity index is 1150. The lowest BCUT2D eigenvalue weighted by Gasteiger charge is -2.07. The summed E-state index contributed by atoms with van der Waals surface area (Å²) < 4.78 is 1.73. The molecule has 0 amide bonds. The van der Waals surface area contributed by atoms with Gasteiger partial charge >= 0.3 is 0 Å². The van der Waals surface area contributed by atoms with Crippen LogP contribution in [0.4, 0.5) is 10.9 Å². The number of rotatable bonds is 4. The highest BCUT2D eigenvalue weighted by atomic mass is 35.5. The summed E-state index contributed by atoms with van der Waals surface area (Å²) in [6.07, 6.45) is 10.4. The Balaban J connectivity index is 1.46. The Morgan fingerprint density at radius 1 is 1.18 bits per heavy atom. The first kappa shape index (κ1) is 17.5. The number of nitrogens with one attached hydrogen (secondary N) is 1. The minimum atomic E-state index is 0.554. The largest absolute Gasteiger partial charge is 0.315 e. The van der Waals surface area contributed by atoms with E-state index in [2.05, 4.69) is 30.6 Å². The third-order valence-electron chi connectivity index (χ3n) is 5.05. The summed E-state index contributed by atoms with van der Waals surface area (Å²) in [5.74, 6) is 1.23. The first-order valence-corrected chi connectivity index (χ1v) is 10.4. The van der Waals surface area contributed by atoms with E-state index < -0.39 is 0 Å². The number of hydrogen-bond donors (Lipinski definition) is 1. The predicted octanol–water partition coefficient (Wildman–Crippen LogP) is 4.94. The molecule has 1 fully saturated rings. The van der Waals surface area contributed by atoms with E-state index in [-0.39, 0.29) is 0 Å². The topological polar surface area (TPSA) is 81.4 Å². The number of fused-ring (bicyclic) bond motifs is 1. The highest BCUT2D eigenvalue weighted by molar-refractivity contribution is 7.15. The molecule has 0 radical (unpaired) electrons. The second-order valence-corrected chi connectivity index (χ2v) is 8.39. The SMILES string of the molecule is Cn1cc(-c2cnc3ccc(Nc4nnc(C5CCCC5)s4)nc3c2Cl)cn1. The lowest BCUT2D eigenvalue weighted by molar-refractivity contribution is 0.705. The molecular formula is C19H18ClN7S. The molecule has 1 saturated carbocycles.